The van der Waals surface area contributed by atoms with Crippen LogP contribution in [0.15, 0.2) is 0 Å². The fourth-order valence-corrected chi connectivity index (χ4v) is 1.23. The van der Waals surface area contributed by atoms with E-state index in [1.807, 2.05) is 20.8 Å². The molecule has 0 aliphatic heterocycles. The summed E-state index contributed by atoms with van der Waals surface area (Å²) in [4.78, 5) is 11.5. The van der Waals surface area contributed by atoms with Crippen molar-refractivity contribution in [2.24, 2.45) is 0 Å². The van der Waals surface area contributed by atoms with Crippen LogP contribution in [0.5, 0.6) is 0 Å². The lowest BCUT2D eigenvalue weighted by atomic mass is 10.1. The Morgan fingerprint density at radius 3 is 2.53 bits per heavy atom. The molecule has 0 bridgehead atoms. The first-order valence-corrected chi connectivity index (χ1v) is 4.76. The number of hydrogen-bond donors (Lipinski definition) is 2. The van der Waals surface area contributed by atoms with E-state index in [9.17, 15) is 4.79 Å². The summed E-state index contributed by atoms with van der Waals surface area (Å²) in [6.07, 6.45) is 0. The highest BCUT2D eigenvalue weighted by atomic mass is 16.5. The molecule has 0 aliphatic rings. The average Bonchev–Trinajstić information content (AvgIpc) is 2.43. The zero-order valence-electron chi connectivity index (χ0n) is 9.76. The van der Waals surface area contributed by atoms with E-state index in [1.54, 1.807) is 6.92 Å². The number of ether oxygens (including phenoxy) is 1. The highest BCUT2D eigenvalue weighted by Crippen LogP contribution is 2.20. The van der Waals surface area contributed by atoms with E-state index in [1.165, 1.54) is 7.11 Å². The Balaban J connectivity index is 3.04. The monoisotopic (exact) mass is 211 g/mol. The van der Waals surface area contributed by atoms with Gasteiger partial charge in [0.1, 0.15) is 5.56 Å². The molecule has 0 fully saturated rings. The van der Waals surface area contributed by atoms with Gasteiger partial charge in [-0.2, -0.15) is 5.10 Å². The molecule has 0 atom stereocenters. The largest absolute Gasteiger partial charge is 0.465 e. The first-order chi connectivity index (χ1) is 6.85. The second-order valence-corrected chi connectivity index (χ2v) is 4.44. The van der Waals surface area contributed by atoms with Crippen LogP contribution in [0, 0.1) is 6.92 Å². The van der Waals surface area contributed by atoms with Crippen LogP contribution >= 0.6 is 0 Å². The summed E-state index contributed by atoms with van der Waals surface area (Å²) in [6.45, 7) is 7.78. The molecule has 0 spiro atoms. The van der Waals surface area contributed by atoms with Crippen LogP contribution in [-0.4, -0.2) is 28.8 Å². The normalized spacial score (nSPS) is 11.3. The van der Waals surface area contributed by atoms with Crippen LogP contribution in [0.2, 0.25) is 0 Å². The molecular weight excluding hydrogens is 194 g/mol. The molecular formula is C10H17N3O2. The number of nitrogens with one attached hydrogen (secondary N) is 2. The minimum atomic E-state index is -0.381. The molecule has 5 nitrogen and oxygen atoms in total. The molecule has 0 radical (unpaired) electrons. The van der Waals surface area contributed by atoms with E-state index in [0.29, 0.717) is 17.1 Å². The maximum absolute atomic E-state index is 11.5. The SMILES string of the molecule is COC(=O)c1c(NC(C)(C)C)n[nH]c1C. The van der Waals surface area contributed by atoms with E-state index in [0.717, 1.165) is 0 Å². The Morgan fingerprint density at radius 2 is 2.07 bits per heavy atom. The van der Waals surface area contributed by atoms with Crippen LogP contribution in [0.4, 0.5) is 5.82 Å². The third-order valence-electron chi connectivity index (χ3n) is 1.83. The van der Waals surface area contributed by atoms with Crippen molar-refractivity contribution in [1.29, 1.82) is 0 Å². The number of H-pyrrole nitrogens is 1. The lowest BCUT2D eigenvalue weighted by Gasteiger charge is -2.20. The number of methoxy groups -OCH3 is 1. The van der Waals surface area contributed by atoms with Gasteiger partial charge >= 0.3 is 5.97 Å². The Kier molecular flexibility index (Phi) is 3.02. The standard InChI is InChI=1S/C10H17N3O2/c1-6-7(9(14)15-5)8(13-12-6)11-10(2,3)4/h1-5H3,(H2,11,12,13). The summed E-state index contributed by atoms with van der Waals surface area (Å²) in [5, 5.41) is 9.94. The minimum absolute atomic E-state index is 0.148. The van der Waals surface area contributed by atoms with Crippen molar-refractivity contribution in [3.05, 3.63) is 11.3 Å². The lowest BCUT2D eigenvalue weighted by molar-refractivity contribution is 0.0601. The molecule has 15 heavy (non-hydrogen) atoms. The molecule has 84 valence electrons. The Hall–Kier alpha value is -1.52. The van der Waals surface area contributed by atoms with Crippen molar-refractivity contribution in [2.75, 3.05) is 12.4 Å². The second-order valence-electron chi connectivity index (χ2n) is 4.44. The fraction of sp³-hybridized carbons (Fsp3) is 0.600. The number of aryl methyl sites for hydroxylation is 1. The van der Waals surface area contributed by atoms with Crippen LogP contribution < -0.4 is 5.32 Å². The summed E-state index contributed by atoms with van der Waals surface area (Å²) in [6, 6.07) is 0. The van der Waals surface area contributed by atoms with Crippen molar-refractivity contribution in [2.45, 2.75) is 33.2 Å². The van der Waals surface area contributed by atoms with Gasteiger partial charge in [-0.1, -0.05) is 0 Å². The van der Waals surface area contributed by atoms with Gasteiger partial charge in [0.2, 0.25) is 0 Å². The molecule has 0 aliphatic carbocycles. The van der Waals surface area contributed by atoms with Gasteiger partial charge in [0, 0.05) is 11.2 Å². The van der Waals surface area contributed by atoms with Gasteiger partial charge in [-0.15, -0.1) is 0 Å². The number of esters is 1. The Bertz CT molecular complexity index is 363. The zero-order valence-corrected chi connectivity index (χ0v) is 9.76. The van der Waals surface area contributed by atoms with Gasteiger partial charge in [0.05, 0.1) is 7.11 Å². The number of carbonyl (C=O) groups excluding carboxylic acids is 1. The number of carbonyl (C=O) groups is 1. The number of hydrogen-bond acceptors (Lipinski definition) is 4. The molecule has 1 aromatic heterocycles. The fourth-order valence-electron chi connectivity index (χ4n) is 1.23. The summed E-state index contributed by atoms with van der Waals surface area (Å²) in [5.74, 6) is 0.153. The van der Waals surface area contributed by atoms with E-state index in [4.69, 9.17) is 4.74 Å². The second kappa shape index (κ2) is 3.92. The number of nitrogens with zero attached hydrogens (tertiary/aromatic N) is 1. The highest BCUT2D eigenvalue weighted by molar-refractivity contribution is 5.95. The predicted molar refractivity (Wildman–Crippen MR) is 58.0 cm³/mol. The van der Waals surface area contributed by atoms with Gasteiger partial charge in [0.15, 0.2) is 5.82 Å². The van der Waals surface area contributed by atoms with Crippen molar-refractivity contribution in [1.82, 2.24) is 10.2 Å². The molecule has 1 aromatic rings. The first-order valence-electron chi connectivity index (χ1n) is 4.76. The predicted octanol–water partition coefficient (Wildman–Crippen LogP) is 1.72. The number of aromatic nitrogens is 2. The summed E-state index contributed by atoms with van der Waals surface area (Å²) < 4.78 is 4.69. The maximum atomic E-state index is 11.5. The smallest absolute Gasteiger partial charge is 0.343 e. The highest BCUT2D eigenvalue weighted by Gasteiger charge is 2.21. The van der Waals surface area contributed by atoms with Gasteiger partial charge in [-0.3, -0.25) is 5.10 Å². The molecule has 0 aromatic carbocycles. The van der Waals surface area contributed by atoms with Gasteiger partial charge in [-0.25, -0.2) is 4.79 Å². The summed E-state index contributed by atoms with van der Waals surface area (Å²) >= 11 is 0. The van der Waals surface area contributed by atoms with Crippen LogP contribution in [0.1, 0.15) is 36.8 Å². The van der Waals surface area contributed by atoms with Crippen LogP contribution in [-0.2, 0) is 4.74 Å². The molecule has 2 N–H and O–H groups in total. The Labute approximate surface area is 89.2 Å². The molecule has 5 heteroatoms. The molecule has 0 unspecified atom stereocenters. The van der Waals surface area contributed by atoms with Crippen molar-refractivity contribution >= 4 is 11.8 Å². The zero-order chi connectivity index (χ0) is 11.6. The lowest BCUT2D eigenvalue weighted by Crippen LogP contribution is -2.27. The van der Waals surface area contributed by atoms with E-state index >= 15 is 0 Å². The van der Waals surface area contributed by atoms with Crippen LogP contribution in [0.3, 0.4) is 0 Å². The number of anilines is 1. The van der Waals surface area contributed by atoms with E-state index < -0.39 is 0 Å². The summed E-state index contributed by atoms with van der Waals surface area (Å²) in [7, 11) is 1.36. The molecule has 0 amide bonds. The third-order valence-corrected chi connectivity index (χ3v) is 1.83. The van der Waals surface area contributed by atoms with Crippen molar-refractivity contribution < 1.29 is 9.53 Å². The Morgan fingerprint density at radius 1 is 1.47 bits per heavy atom. The maximum Gasteiger partial charge on any atom is 0.343 e. The first kappa shape index (κ1) is 11.6. The van der Waals surface area contributed by atoms with Gasteiger partial charge in [-0.05, 0) is 27.7 Å². The topological polar surface area (TPSA) is 67.0 Å². The van der Waals surface area contributed by atoms with Crippen LogP contribution in [0.25, 0.3) is 0 Å². The quantitative estimate of drug-likeness (QED) is 0.731. The van der Waals surface area contributed by atoms with E-state index in [-0.39, 0.29) is 11.5 Å². The van der Waals surface area contributed by atoms with Crippen molar-refractivity contribution in [3.8, 4) is 0 Å². The van der Waals surface area contributed by atoms with Gasteiger partial charge in [0.25, 0.3) is 0 Å². The minimum Gasteiger partial charge on any atom is -0.465 e. The van der Waals surface area contributed by atoms with Crippen molar-refractivity contribution in [3.63, 3.8) is 0 Å². The molecule has 1 rings (SSSR count). The summed E-state index contributed by atoms with van der Waals surface area (Å²) in [5.41, 5.74) is 1.02. The third kappa shape index (κ3) is 2.71. The number of aromatic amines is 1. The molecule has 1 heterocycles. The van der Waals surface area contributed by atoms with E-state index in [2.05, 4.69) is 15.5 Å². The molecule has 0 saturated heterocycles. The van der Waals surface area contributed by atoms with Gasteiger partial charge < -0.3 is 10.1 Å². The number of rotatable bonds is 2. The average molecular weight is 211 g/mol. The molecule has 0 saturated carbocycles.